The van der Waals surface area contributed by atoms with Crippen LogP contribution in [0.2, 0.25) is 0 Å². The van der Waals surface area contributed by atoms with E-state index in [1.54, 1.807) is 0 Å². The molecule has 0 nitrogen and oxygen atoms in total. The Balaban J connectivity index is 0.593. The minimum absolute atomic E-state index is 1.07. The highest BCUT2D eigenvalue weighted by Gasteiger charge is 3.93. The van der Waals surface area contributed by atoms with Crippen LogP contribution in [0.15, 0.2) is 0 Å². The fourth-order valence-electron chi connectivity index (χ4n) is 147. The second-order valence-electron chi connectivity index (χ2n) is 78.2. The molecule has 93 saturated carbocycles. The van der Waals surface area contributed by atoms with Crippen LogP contribution in [0.3, 0.4) is 0 Å². The summed E-state index contributed by atoms with van der Waals surface area (Å²) < 4.78 is 0. The molecular weight excluding hydrogens is 1370 g/mol. The fourth-order valence-corrected chi connectivity index (χ4v) is 147. The predicted molar refractivity (Wildman–Crippen MR) is 350 cm³/mol. The summed E-state index contributed by atoms with van der Waals surface area (Å²) in [6, 6.07) is 0. The summed E-state index contributed by atoms with van der Waals surface area (Å²) in [5.41, 5.74) is 85.7. The topological polar surface area (TPSA) is 0 Å². The third-order valence-electron chi connectivity index (χ3n) is 110. The van der Waals surface area contributed by atoms with Crippen molar-refractivity contribution < 1.29 is 0 Å². The van der Waals surface area contributed by atoms with E-state index in [9.17, 15) is 0 Å². The molecule has 93 fully saturated rings. The maximum Gasteiger partial charge on any atom is -0.000000207 e. The first-order valence-electron chi connectivity index (χ1n) is 56.8. The summed E-state index contributed by atoms with van der Waals surface area (Å²) >= 11 is 0. The molecule has 0 saturated heterocycles. The zero-order valence-corrected chi connectivity index (χ0v) is 60.6. The van der Waals surface area contributed by atoms with Crippen molar-refractivity contribution in [3.63, 3.8) is 0 Å². The Hall–Kier alpha value is 0. The summed E-state index contributed by atoms with van der Waals surface area (Å²) in [6.45, 7) is 0. The van der Waals surface area contributed by atoms with Crippen molar-refractivity contribution in [2.45, 2.75) is 25.7 Å². The molecule has 93 aliphatic rings. The van der Waals surface area contributed by atoms with Crippen LogP contribution < -0.4 is 0 Å². The molecule has 0 heteroatoms. The molecule has 0 N–H and O–H groups in total. The average Bonchev–Trinajstić information content (AvgIpc) is 0.412. The summed E-state index contributed by atoms with van der Waals surface area (Å²) in [6.07, 6.45) is 8.04. The summed E-state index contributed by atoms with van der Waals surface area (Å²) in [5.74, 6) is 52.7. The Morgan fingerprint density at radius 1 is 0.105 bits per heavy atom. The van der Waals surface area contributed by atoms with Gasteiger partial charge < -0.3 is 0 Å². The third kappa shape index (κ3) is 0.590. The molecule has 110 unspecified atom stereocenters. The third-order valence-corrected chi connectivity index (χ3v) is 110. The molecule has 114 heavy (non-hydrogen) atoms. The van der Waals surface area contributed by atoms with E-state index in [2.05, 4.69) is 6.42 Å². The lowest BCUT2D eigenvalue weighted by atomic mass is 8.16. The molecule has 0 amide bonds. The molecule has 0 aromatic rings. The first-order valence-corrected chi connectivity index (χ1v) is 56.8. The van der Waals surface area contributed by atoms with Crippen LogP contribution in [-0.2, 0) is 0 Å². The average molecular weight is 1410 g/mol. The first kappa shape index (κ1) is 34.3. The highest BCUT2D eigenvalue weighted by Crippen LogP contribution is 3.99. The van der Waals surface area contributed by atoms with Crippen LogP contribution in [0.5, 0.6) is 0 Å². The molecule has 74 spiro atoms. The molecule has 110 atom stereocenters. The molecule has 500 valence electrons. The van der Waals surface area contributed by atoms with E-state index in [4.69, 9.17) is 0 Å². The van der Waals surface area contributed by atoms with Crippen molar-refractivity contribution in [1.82, 2.24) is 0 Å². The SMILES string of the molecule is C1C2C3CC4C5C6C7C8C9C%10C%11C%12C%13CC%14C%15C%16C%17C%18C%19C%20C%21CC%22C%23C%24C%25C%26C%27C%28C%29C%30C1C21C2C%31C%32C3%33C3C%34C4C54C65C76C87C98C%109C%11%10C%12%11C%14%13C%15%12C%16%13C%17%14C%18%15C%19%16C%20%17C%21%22C%23%18C%24%19C%25%20C%26%21C%27%22C%28%23C%29%24C%301C21C%312C%32%25C%33%26C3%27C%344C53C64C75C86C97C%108C%12%11C%139C%14%10C%15%11C%16%12C%17%18C%19%13C%20%14C%21%15C%22%16C%23%17C%241C21C%252C%26%18C%273C43C54C65C76C98C%107C%118C%12%13C%149C%15%10C%16%11C%171C21C%183C42C%111C%101C89C76C521. The van der Waals surface area contributed by atoms with Gasteiger partial charge in [-0.25, -0.2) is 0 Å². The van der Waals surface area contributed by atoms with Crippen molar-refractivity contribution in [1.29, 1.82) is 0 Å². The molecule has 0 aromatic carbocycles. The molecule has 0 aliphatic heterocycles. The Morgan fingerprint density at radius 3 is 0.728 bits per heavy atom. The minimum atomic E-state index is 1.07. The lowest BCUT2D eigenvalue weighted by Gasteiger charge is -3.85. The van der Waals surface area contributed by atoms with Crippen LogP contribution in [0.25, 0.3) is 0 Å². The van der Waals surface area contributed by atoms with E-state index in [-0.39, 0.29) is 0 Å². The number of rotatable bonds is 0. The van der Waals surface area contributed by atoms with E-state index in [0.29, 0.717) is 0 Å². The molecule has 0 heterocycles. The summed E-state index contributed by atoms with van der Waals surface area (Å²) in [5, 5.41) is 0. The van der Waals surface area contributed by atoms with Gasteiger partial charge in [0.1, 0.15) is 0 Å². The standard InChI is InChI=1S/C114H44/c1-5-13-20-26-32-34-30-24-18-11-3-9-16-23-29-28-22-17-10-4-12-19-25-31-35-33-27-21-15-8-2-7-6(1)42-38-36-14(5)45(13)51(20)58(26)64(32)66(34)62(30)56(24)49(18)43(9,11)47(16)55(23)61(29)60(28)54(22)48(17)44(10,12)50(19)57(25)63(31)67(35)65(33)59(27)53(21)46(15)41(7,8)39-37-40(42)71-68(37)69(39,46)76(53)82(59)89(65)91(67)87(63)80(57)74(48,50)77(54)84(60)85(61)78(55)73(47,49)79(56)86(62)90(66)88(64)81(58)75(51)52(36,45)70(38)72(42,71)94-92(70,75)98(81)104(88)106(90)102(86)96(78,79)100(85)99(84)95(77,80)101(87)105(91)103(89)97(82)83(68,76)93(71,94)107(97)108(94,98)112(104)111(103,107)113(105)109(99,101)110(100,102)114(106,112)113/h5-40H,1-4H2. The molecular formula is C114H44. The van der Waals surface area contributed by atoms with Gasteiger partial charge in [-0.2, -0.15) is 0 Å². The van der Waals surface area contributed by atoms with Crippen molar-refractivity contribution >= 4 is 0 Å². The van der Waals surface area contributed by atoms with Crippen molar-refractivity contribution in [3.8, 4) is 0 Å². The second kappa shape index (κ2) is 4.59. The molecule has 93 rings (SSSR count). The van der Waals surface area contributed by atoms with Gasteiger partial charge in [-0.3, -0.25) is 0 Å². The van der Waals surface area contributed by atoms with Crippen LogP contribution in [0.4, 0.5) is 0 Å². The normalized spacial score (nSPS) is 160. The zero-order chi connectivity index (χ0) is 60.6. The van der Waals surface area contributed by atoms with Crippen molar-refractivity contribution in [2.75, 3.05) is 0 Å². The number of fused-ring (bicyclic) bond motifs is 26. The van der Waals surface area contributed by atoms with Crippen LogP contribution in [-0.4, -0.2) is 0 Å². The maximum absolute atomic E-state index is 2.10. The van der Waals surface area contributed by atoms with Gasteiger partial charge in [0, 0.05) is 0 Å². The molecule has 0 bridgehead atoms. The van der Waals surface area contributed by atoms with Gasteiger partial charge >= 0.3 is 0 Å². The van der Waals surface area contributed by atoms with Gasteiger partial charge in [0.25, 0.3) is 0 Å². The quantitative estimate of drug-likeness (QED) is 0.228. The largest absolute Gasteiger partial charge is 0.0461 e. The maximum atomic E-state index is 2.10. The van der Waals surface area contributed by atoms with E-state index >= 15 is 0 Å². The van der Waals surface area contributed by atoms with E-state index in [0.717, 1.165) is 195 Å². The van der Waals surface area contributed by atoms with Gasteiger partial charge in [0.2, 0.25) is 0 Å². The van der Waals surface area contributed by atoms with Gasteiger partial charge in [-0.15, -0.1) is 0 Å². The zero-order valence-electron chi connectivity index (χ0n) is 60.6. The Kier molecular flexibility index (Phi) is 1.38. The molecule has 93 aliphatic carbocycles. The van der Waals surface area contributed by atoms with Gasteiger partial charge in [0.15, 0.2) is 0 Å². The minimum Gasteiger partial charge on any atom is -0.0461 e. The number of hydrogen-bond acceptors (Lipinski definition) is 0. The Labute approximate surface area is 634 Å². The van der Waals surface area contributed by atoms with Gasteiger partial charge in [-0.05, 0) is 639 Å². The highest BCUT2D eigenvalue weighted by atomic mass is 15.9. The highest BCUT2D eigenvalue weighted by molar-refractivity contribution is 6.99. The fraction of sp³-hybridized carbons (Fsp3) is 1.00. The monoisotopic (exact) mass is 1410 g/mol. The van der Waals surface area contributed by atoms with E-state index in [1.807, 2.05) is 19.3 Å². The van der Waals surface area contributed by atoms with Crippen molar-refractivity contribution in [2.24, 2.45) is 440 Å². The Bertz CT molecular complexity index is 10100. The Morgan fingerprint density at radius 2 is 0.325 bits per heavy atom. The second-order valence-corrected chi connectivity index (χ2v) is 78.2. The number of hydrogen-bond donors (Lipinski definition) is 0. The summed E-state index contributed by atoms with van der Waals surface area (Å²) in [4.78, 5) is 0. The van der Waals surface area contributed by atoms with Crippen LogP contribution >= 0.6 is 0 Å². The van der Waals surface area contributed by atoms with E-state index < -0.39 is 0 Å². The van der Waals surface area contributed by atoms with Gasteiger partial charge in [0.05, 0.1) is 0 Å². The molecule has 0 radical (unpaired) electrons. The van der Waals surface area contributed by atoms with Crippen molar-refractivity contribution in [3.05, 3.63) is 173 Å². The first-order chi connectivity index (χ1) is 56.8. The van der Waals surface area contributed by atoms with Gasteiger partial charge in [-0.1, -0.05) is 0 Å². The predicted octanol–water partition coefficient (Wildman–Crippen LogP) is 8.59. The van der Waals surface area contributed by atoms with Crippen LogP contribution in [0, 0.1) is 614 Å². The smallest absolute Gasteiger partial charge is 0.000000207 e. The lowest BCUT2D eigenvalue weighted by molar-refractivity contribution is -1.14. The summed E-state index contributed by atoms with van der Waals surface area (Å²) in [7, 11) is 0. The lowest BCUT2D eigenvalue weighted by Crippen LogP contribution is -3.80. The molecule has 0 aromatic heterocycles. The van der Waals surface area contributed by atoms with E-state index in [1.165, 1.54) is 419 Å². The van der Waals surface area contributed by atoms with Crippen LogP contribution in [0.1, 0.15) is 25.7 Å².